The molecule has 1 saturated carbocycles. The Bertz CT molecular complexity index is 1240. The molecule has 0 bridgehead atoms. The Labute approximate surface area is 173 Å². The first kappa shape index (κ1) is 18.8. The fraction of sp³-hybridized carbons (Fsp3) is 0.348. The van der Waals surface area contributed by atoms with Crippen LogP contribution in [0.1, 0.15) is 31.5 Å². The molecule has 0 radical (unpaired) electrons. The summed E-state index contributed by atoms with van der Waals surface area (Å²) < 4.78 is 22.9. The van der Waals surface area contributed by atoms with E-state index in [0.29, 0.717) is 17.4 Å². The van der Waals surface area contributed by atoms with Crippen LogP contribution in [0.15, 0.2) is 58.5 Å². The van der Waals surface area contributed by atoms with E-state index < -0.39 is 12.2 Å². The highest BCUT2D eigenvalue weighted by Crippen LogP contribution is 2.40. The number of hydrogen-bond donors (Lipinski definition) is 0. The van der Waals surface area contributed by atoms with Gasteiger partial charge >= 0.3 is 0 Å². The third-order valence-electron chi connectivity index (χ3n) is 5.70. The summed E-state index contributed by atoms with van der Waals surface area (Å²) in [5, 5.41) is 0. The molecular formula is C23H23FN4O2. The maximum atomic E-state index is 13.5. The number of dihydropyridines is 1. The zero-order chi connectivity index (χ0) is 20.8. The standard InChI is InChI=1S/C23H23FN4O2/c1-14-19(24)7-5-16(25-14)13-30-18-9-10-28(22(29)12-18)17-6-8-20-21(11-17)27(2)23(26-20)15-3-4-15/h5-12,14-15,19H,3-4,13H2,1-2H3/t14-,19?/m1/s1. The van der Waals surface area contributed by atoms with E-state index >= 15 is 0 Å². The van der Waals surface area contributed by atoms with Crippen LogP contribution in [0, 0.1) is 0 Å². The number of halogens is 1. The van der Waals surface area contributed by atoms with Crippen molar-refractivity contribution in [3.63, 3.8) is 0 Å². The Hall–Kier alpha value is -3.22. The molecule has 2 aromatic heterocycles. The minimum absolute atomic E-state index is 0.185. The number of fused-ring (bicyclic) bond motifs is 1. The molecule has 0 spiro atoms. The van der Waals surface area contributed by atoms with Crippen molar-refractivity contribution < 1.29 is 9.13 Å². The SMILES string of the molecule is C[C@H]1N=C(COc2ccn(-c3ccc4nc(C5CC5)n(C)c4c3)c(=O)c2)C=CC1F. The third kappa shape index (κ3) is 3.44. The first-order valence-electron chi connectivity index (χ1n) is 10.2. The predicted molar refractivity (Wildman–Crippen MR) is 115 cm³/mol. The van der Waals surface area contributed by atoms with Crippen LogP contribution in [0.2, 0.25) is 0 Å². The second-order valence-corrected chi connectivity index (χ2v) is 8.00. The van der Waals surface area contributed by atoms with Gasteiger partial charge in [-0.2, -0.15) is 0 Å². The quantitative estimate of drug-likeness (QED) is 0.649. The van der Waals surface area contributed by atoms with Crippen molar-refractivity contribution in [3.05, 3.63) is 64.9 Å². The monoisotopic (exact) mass is 406 g/mol. The highest BCUT2D eigenvalue weighted by Gasteiger charge is 2.28. The molecule has 30 heavy (non-hydrogen) atoms. The molecule has 3 aromatic rings. The Morgan fingerprint density at radius 3 is 2.80 bits per heavy atom. The van der Waals surface area contributed by atoms with Crippen LogP contribution in [-0.2, 0) is 7.05 Å². The van der Waals surface area contributed by atoms with E-state index in [1.165, 1.54) is 25.0 Å². The highest BCUT2D eigenvalue weighted by atomic mass is 19.1. The van der Waals surface area contributed by atoms with Gasteiger partial charge in [0.25, 0.3) is 5.56 Å². The zero-order valence-corrected chi connectivity index (χ0v) is 17.0. The van der Waals surface area contributed by atoms with Crippen LogP contribution in [0.25, 0.3) is 16.7 Å². The molecule has 0 N–H and O–H groups in total. The molecule has 2 atom stereocenters. The summed E-state index contributed by atoms with van der Waals surface area (Å²) in [6.45, 7) is 1.92. The van der Waals surface area contributed by atoms with Gasteiger partial charge in [-0.1, -0.05) is 0 Å². The number of aromatic nitrogens is 3. The number of hydrogen-bond acceptors (Lipinski definition) is 4. The van der Waals surface area contributed by atoms with Gasteiger partial charge < -0.3 is 9.30 Å². The average molecular weight is 406 g/mol. The molecule has 6 nitrogen and oxygen atoms in total. The topological polar surface area (TPSA) is 61.4 Å². The van der Waals surface area contributed by atoms with Crippen LogP contribution in [-0.4, -0.2) is 38.7 Å². The number of nitrogens with zero attached hydrogens (tertiary/aromatic N) is 4. The summed E-state index contributed by atoms with van der Waals surface area (Å²) in [5.41, 5.74) is 3.22. The lowest BCUT2D eigenvalue weighted by Crippen LogP contribution is -2.23. The van der Waals surface area contributed by atoms with E-state index in [1.54, 1.807) is 29.8 Å². The number of ether oxygens (including phenoxy) is 1. The first-order valence-corrected chi connectivity index (χ1v) is 10.2. The van der Waals surface area contributed by atoms with Gasteiger partial charge in [-0.15, -0.1) is 0 Å². The van der Waals surface area contributed by atoms with Crippen LogP contribution in [0.4, 0.5) is 4.39 Å². The highest BCUT2D eigenvalue weighted by molar-refractivity contribution is 5.97. The van der Waals surface area contributed by atoms with Crippen LogP contribution < -0.4 is 10.3 Å². The van der Waals surface area contributed by atoms with E-state index in [-0.39, 0.29) is 12.2 Å². The maximum Gasteiger partial charge on any atom is 0.258 e. The van der Waals surface area contributed by atoms with Crippen molar-refractivity contribution in [3.8, 4) is 11.4 Å². The molecule has 1 aromatic carbocycles. The van der Waals surface area contributed by atoms with E-state index in [1.807, 2.05) is 25.2 Å². The van der Waals surface area contributed by atoms with Crippen molar-refractivity contribution in [2.45, 2.75) is 37.9 Å². The van der Waals surface area contributed by atoms with Crippen LogP contribution in [0.5, 0.6) is 5.75 Å². The average Bonchev–Trinajstić information content (AvgIpc) is 3.53. The summed E-state index contributed by atoms with van der Waals surface area (Å²) in [7, 11) is 2.03. The van der Waals surface area contributed by atoms with Crippen LogP contribution in [0.3, 0.4) is 0 Å². The molecule has 2 aliphatic rings. The lowest BCUT2D eigenvalue weighted by Gasteiger charge is -2.16. The number of benzene rings is 1. The Kier molecular flexibility index (Phi) is 4.53. The number of aryl methyl sites for hydroxylation is 1. The lowest BCUT2D eigenvalue weighted by atomic mass is 10.1. The van der Waals surface area contributed by atoms with Gasteiger partial charge in [0.1, 0.15) is 24.4 Å². The predicted octanol–water partition coefficient (Wildman–Crippen LogP) is 3.72. The Balaban J connectivity index is 1.37. The van der Waals surface area contributed by atoms with Gasteiger partial charge in [0, 0.05) is 25.2 Å². The number of pyridine rings is 1. The van der Waals surface area contributed by atoms with Crippen molar-refractivity contribution in [2.24, 2.45) is 12.0 Å². The largest absolute Gasteiger partial charge is 0.487 e. The molecule has 0 saturated heterocycles. The van der Waals surface area contributed by atoms with Crippen molar-refractivity contribution in [1.29, 1.82) is 0 Å². The van der Waals surface area contributed by atoms with Gasteiger partial charge in [0.2, 0.25) is 0 Å². The van der Waals surface area contributed by atoms with E-state index in [4.69, 9.17) is 9.72 Å². The van der Waals surface area contributed by atoms with Crippen molar-refractivity contribution >= 4 is 16.7 Å². The second-order valence-electron chi connectivity index (χ2n) is 8.00. The van der Waals surface area contributed by atoms with E-state index in [0.717, 1.165) is 22.5 Å². The van der Waals surface area contributed by atoms with Crippen LogP contribution >= 0.6 is 0 Å². The summed E-state index contributed by atoms with van der Waals surface area (Å²) in [6, 6.07) is 8.65. The number of alkyl halides is 1. The fourth-order valence-corrected chi connectivity index (χ4v) is 3.80. The van der Waals surface area contributed by atoms with Gasteiger partial charge in [-0.25, -0.2) is 9.37 Å². The molecule has 0 amide bonds. The first-order chi connectivity index (χ1) is 14.5. The van der Waals surface area contributed by atoms with Crippen molar-refractivity contribution in [2.75, 3.05) is 6.61 Å². The fourth-order valence-electron chi connectivity index (χ4n) is 3.80. The number of aliphatic imine (C=N–C) groups is 1. The molecule has 7 heteroatoms. The zero-order valence-electron chi connectivity index (χ0n) is 17.0. The summed E-state index contributed by atoms with van der Waals surface area (Å²) in [4.78, 5) is 21.7. The second kappa shape index (κ2) is 7.23. The molecule has 1 fully saturated rings. The minimum atomic E-state index is -1.06. The third-order valence-corrected chi connectivity index (χ3v) is 5.70. The lowest BCUT2D eigenvalue weighted by molar-refractivity contribution is 0.344. The number of rotatable bonds is 5. The van der Waals surface area contributed by atoms with E-state index in [9.17, 15) is 9.18 Å². The van der Waals surface area contributed by atoms with E-state index in [2.05, 4.69) is 9.56 Å². The normalized spacial score (nSPS) is 21.1. The number of imidazole rings is 1. The van der Waals surface area contributed by atoms with Gasteiger partial charge in [-0.05, 0) is 56.2 Å². The van der Waals surface area contributed by atoms with Gasteiger partial charge in [0.15, 0.2) is 0 Å². The molecule has 154 valence electrons. The molecule has 1 aliphatic heterocycles. The van der Waals surface area contributed by atoms with Gasteiger partial charge in [-0.3, -0.25) is 14.4 Å². The molecule has 1 aliphatic carbocycles. The maximum absolute atomic E-state index is 13.5. The van der Waals surface area contributed by atoms with Gasteiger partial charge in [0.05, 0.1) is 28.5 Å². The smallest absolute Gasteiger partial charge is 0.258 e. The molecule has 1 unspecified atom stereocenters. The van der Waals surface area contributed by atoms with Crippen molar-refractivity contribution in [1.82, 2.24) is 14.1 Å². The molecule has 3 heterocycles. The molecular weight excluding hydrogens is 383 g/mol. The summed E-state index contributed by atoms with van der Waals surface area (Å²) in [6.07, 6.45) is 6.15. The summed E-state index contributed by atoms with van der Waals surface area (Å²) in [5.74, 6) is 2.14. The Morgan fingerprint density at radius 1 is 1.23 bits per heavy atom. The molecule has 5 rings (SSSR count). The Morgan fingerprint density at radius 2 is 2.07 bits per heavy atom. The minimum Gasteiger partial charge on any atom is -0.487 e. The summed E-state index contributed by atoms with van der Waals surface area (Å²) >= 11 is 0.